The van der Waals surface area contributed by atoms with Crippen molar-refractivity contribution in [3.8, 4) is 0 Å². The molecule has 0 amide bonds. The fourth-order valence-electron chi connectivity index (χ4n) is 2.27. The Morgan fingerprint density at radius 3 is 3.06 bits per heavy atom. The molecule has 0 radical (unpaired) electrons. The van der Waals surface area contributed by atoms with Crippen LogP contribution in [0.4, 0.5) is 0 Å². The number of rotatable bonds is 2. The molecule has 2 aromatic rings. The largest absolute Gasteiger partial charge is 0.348 e. The average molecular weight is 245 g/mol. The highest BCUT2D eigenvalue weighted by molar-refractivity contribution is 5.01. The number of hydrogen-bond acceptors (Lipinski definition) is 4. The summed E-state index contributed by atoms with van der Waals surface area (Å²) in [6, 6.07) is 1.83. The van der Waals surface area contributed by atoms with Gasteiger partial charge in [0.2, 0.25) is 0 Å². The van der Waals surface area contributed by atoms with E-state index in [2.05, 4.69) is 19.7 Å². The maximum absolute atomic E-state index is 11.7. The average Bonchev–Trinajstić information content (AvgIpc) is 2.76. The van der Waals surface area contributed by atoms with Crippen molar-refractivity contribution in [2.45, 2.75) is 39.3 Å². The summed E-state index contributed by atoms with van der Waals surface area (Å²) >= 11 is 0. The Labute approximate surface area is 104 Å². The molecule has 0 unspecified atom stereocenters. The summed E-state index contributed by atoms with van der Waals surface area (Å²) in [4.78, 5) is 15.6. The highest BCUT2D eigenvalue weighted by Crippen LogP contribution is 2.14. The van der Waals surface area contributed by atoms with E-state index in [1.165, 1.54) is 6.42 Å². The van der Waals surface area contributed by atoms with E-state index < -0.39 is 0 Å². The molecule has 18 heavy (non-hydrogen) atoms. The third-order valence-corrected chi connectivity index (χ3v) is 3.26. The third kappa shape index (κ3) is 1.94. The van der Waals surface area contributed by atoms with Gasteiger partial charge in [-0.2, -0.15) is 4.98 Å². The molecule has 6 heteroatoms. The van der Waals surface area contributed by atoms with E-state index in [9.17, 15) is 4.79 Å². The Morgan fingerprint density at radius 1 is 1.33 bits per heavy atom. The molecule has 0 saturated carbocycles. The van der Waals surface area contributed by atoms with Crippen molar-refractivity contribution in [3.05, 3.63) is 40.1 Å². The molecule has 1 aliphatic heterocycles. The van der Waals surface area contributed by atoms with E-state index in [4.69, 9.17) is 0 Å². The molecule has 0 spiro atoms. The van der Waals surface area contributed by atoms with Crippen molar-refractivity contribution in [3.63, 3.8) is 0 Å². The van der Waals surface area contributed by atoms with Crippen molar-refractivity contribution in [1.29, 1.82) is 0 Å². The monoisotopic (exact) mass is 245 g/mol. The lowest BCUT2D eigenvalue weighted by Crippen LogP contribution is -2.25. The van der Waals surface area contributed by atoms with E-state index in [1.807, 2.05) is 13.0 Å². The Balaban J connectivity index is 1.93. The van der Waals surface area contributed by atoms with Crippen LogP contribution in [0.15, 0.2) is 17.1 Å². The quantitative estimate of drug-likeness (QED) is 0.774. The predicted molar refractivity (Wildman–Crippen MR) is 65.3 cm³/mol. The van der Waals surface area contributed by atoms with Crippen LogP contribution in [-0.2, 0) is 19.5 Å². The van der Waals surface area contributed by atoms with Gasteiger partial charge in [-0.05, 0) is 25.8 Å². The number of nitrogens with zero attached hydrogens (tertiary/aromatic N) is 5. The Kier molecular flexibility index (Phi) is 2.70. The minimum atomic E-state index is -0.233. The summed E-state index contributed by atoms with van der Waals surface area (Å²) < 4.78 is 3.69. The molecule has 0 bridgehead atoms. The second-order valence-electron chi connectivity index (χ2n) is 4.62. The molecule has 0 atom stereocenters. The van der Waals surface area contributed by atoms with Crippen LogP contribution in [0, 0.1) is 6.92 Å². The molecule has 0 aromatic carbocycles. The first-order valence-electron chi connectivity index (χ1n) is 6.19. The lowest BCUT2D eigenvalue weighted by molar-refractivity contribution is 0.499. The van der Waals surface area contributed by atoms with Gasteiger partial charge in [0.05, 0.1) is 6.54 Å². The molecule has 6 nitrogen and oxygen atoms in total. The third-order valence-electron chi connectivity index (χ3n) is 3.26. The smallest absolute Gasteiger partial charge is 0.313 e. The molecule has 3 heterocycles. The van der Waals surface area contributed by atoms with E-state index >= 15 is 0 Å². The second kappa shape index (κ2) is 4.36. The van der Waals surface area contributed by atoms with Crippen LogP contribution >= 0.6 is 0 Å². The van der Waals surface area contributed by atoms with Crippen LogP contribution < -0.4 is 5.69 Å². The van der Waals surface area contributed by atoms with E-state index in [0.29, 0.717) is 6.54 Å². The van der Waals surface area contributed by atoms with Gasteiger partial charge in [0.15, 0.2) is 5.82 Å². The number of hydrogen-bond donors (Lipinski definition) is 0. The highest BCUT2D eigenvalue weighted by Gasteiger charge is 2.16. The standard InChI is InChI=1S/C12H15N5O/c1-9-5-7-16(12(18)13-9)8-11-15-14-10-4-2-3-6-17(10)11/h5,7H,2-4,6,8H2,1H3. The van der Waals surface area contributed by atoms with Gasteiger partial charge >= 0.3 is 5.69 Å². The van der Waals surface area contributed by atoms with Gasteiger partial charge in [0.1, 0.15) is 5.82 Å². The molecule has 1 aliphatic rings. The zero-order chi connectivity index (χ0) is 12.5. The SMILES string of the molecule is Cc1ccn(Cc2nnc3n2CCCC3)c(=O)n1. The Morgan fingerprint density at radius 2 is 2.22 bits per heavy atom. The van der Waals surface area contributed by atoms with Crippen LogP contribution in [0.3, 0.4) is 0 Å². The minimum absolute atomic E-state index is 0.233. The first kappa shape index (κ1) is 11.1. The zero-order valence-corrected chi connectivity index (χ0v) is 10.3. The van der Waals surface area contributed by atoms with Crippen molar-refractivity contribution >= 4 is 0 Å². The lowest BCUT2D eigenvalue weighted by Gasteiger charge is -2.14. The second-order valence-corrected chi connectivity index (χ2v) is 4.62. The first-order chi connectivity index (χ1) is 8.74. The zero-order valence-electron chi connectivity index (χ0n) is 10.3. The molecule has 94 valence electrons. The van der Waals surface area contributed by atoms with Crippen LogP contribution in [0.1, 0.15) is 30.2 Å². The molecular weight excluding hydrogens is 230 g/mol. The summed E-state index contributed by atoms with van der Waals surface area (Å²) in [6.45, 7) is 3.20. The molecular formula is C12H15N5O. The summed E-state index contributed by atoms with van der Waals surface area (Å²) in [5, 5.41) is 8.36. The molecule has 0 saturated heterocycles. The Hall–Kier alpha value is -1.98. The number of fused-ring (bicyclic) bond motifs is 1. The van der Waals surface area contributed by atoms with Crippen LogP contribution in [-0.4, -0.2) is 24.3 Å². The summed E-state index contributed by atoms with van der Waals surface area (Å²) in [5.74, 6) is 1.88. The van der Waals surface area contributed by atoms with Crippen molar-refractivity contribution < 1.29 is 0 Å². The fourth-order valence-corrected chi connectivity index (χ4v) is 2.27. The van der Waals surface area contributed by atoms with Crippen LogP contribution in [0.2, 0.25) is 0 Å². The lowest BCUT2D eigenvalue weighted by atomic mass is 10.2. The number of aromatic nitrogens is 5. The van der Waals surface area contributed by atoms with Gasteiger partial charge in [0.25, 0.3) is 0 Å². The highest BCUT2D eigenvalue weighted by atomic mass is 16.1. The van der Waals surface area contributed by atoms with Crippen LogP contribution in [0.25, 0.3) is 0 Å². The summed E-state index contributed by atoms with van der Waals surface area (Å²) in [6.07, 6.45) is 5.06. The minimum Gasteiger partial charge on any atom is -0.313 e. The normalized spacial score (nSPS) is 14.5. The maximum atomic E-state index is 11.7. The van der Waals surface area contributed by atoms with Gasteiger partial charge in [-0.3, -0.25) is 4.57 Å². The van der Waals surface area contributed by atoms with Crippen molar-refractivity contribution in [2.75, 3.05) is 0 Å². The van der Waals surface area contributed by atoms with Gasteiger partial charge in [-0.15, -0.1) is 10.2 Å². The van der Waals surface area contributed by atoms with E-state index in [0.717, 1.165) is 36.7 Å². The van der Waals surface area contributed by atoms with Gasteiger partial charge < -0.3 is 4.57 Å². The van der Waals surface area contributed by atoms with Gasteiger partial charge in [-0.25, -0.2) is 4.79 Å². The Bertz CT molecular complexity index is 628. The van der Waals surface area contributed by atoms with Crippen molar-refractivity contribution in [2.24, 2.45) is 0 Å². The molecule has 0 fully saturated rings. The predicted octanol–water partition coefficient (Wildman–Crippen LogP) is 0.528. The number of aryl methyl sites for hydroxylation is 2. The molecule has 0 aliphatic carbocycles. The van der Waals surface area contributed by atoms with E-state index in [-0.39, 0.29) is 5.69 Å². The van der Waals surface area contributed by atoms with Crippen LogP contribution in [0.5, 0.6) is 0 Å². The van der Waals surface area contributed by atoms with E-state index in [1.54, 1.807) is 10.8 Å². The molecule has 0 N–H and O–H groups in total. The van der Waals surface area contributed by atoms with Crippen molar-refractivity contribution in [1.82, 2.24) is 24.3 Å². The maximum Gasteiger partial charge on any atom is 0.348 e. The summed E-state index contributed by atoms with van der Waals surface area (Å²) in [5.41, 5.74) is 0.502. The summed E-state index contributed by atoms with van der Waals surface area (Å²) in [7, 11) is 0. The molecule has 2 aromatic heterocycles. The van der Waals surface area contributed by atoms with Gasteiger partial charge in [0, 0.05) is 24.9 Å². The topological polar surface area (TPSA) is 65.6 Å². The van der Waals surface area contributed by atoms with Gasteiger partial charge in [-0.1, -0.05) is 0 Å². The first-order valence-corrected chi connectivity index (χ1v) is 6.19. The molecule has 3 rings (SSSR count). The fraction of sp³-hybridized carbons (Fsp3) is 0.500.